The van der Waals surface area contributed by atoms with Crippen LogP contribution in [0.25, 0.3) is 5.57 Å². The van der Waals surface area contributed by atoms with Crippen molar-refractivity contribution in [2.75, 3.05) is 6.61 Å². The molecule has 3 aliphatic rings. The summed E-state index contributed by atoms with van der Waals surface area (Å²) < 4.78 is 12.2. The standard InChI is InChI=1S/C20H26O2/c1-14(15-7-3-2-4-8-15)12-21-13-16-11-19-17-9-5-6-10-18(17)20(16)22-19/h2-4,7-8,12,16-20H,5-6,9-11,13H2,1H3/b14-12-. The van der Waals surface area contributed by atoms with Crippen LogP contribution >= 0.6 is 0 Å². The van der Waals surface area contributed by atoms with Crippen LogP contribution in [0.15, 0.2) is 36.6 Å². The molecule has 0 amide bonds. The van der Waals surface area contributed by atoms with Crippen molar-refractivity contribution >= 4 is 5.57 Å². The number of fused-ring (bicyclic) bond motifs is 5. The zero-order chi connectivity index (χ0) is 14.9. The Bertz CT molecular complexity index is 536. The molecule has 2 saturated heterocycles. The van der Waals surface area contributed by atoms with Gasteiger partial charge in [0.05, 0.1) is 25.1 Å². The molecule has 5 atom stereocenters. The Hall–Kier alpha value is -1.28. The van der Waals surface area contributed by atoms with Crippen LogP contribution in [-0.4, -0.2) is 18.8 Å². The maximum absolute atomic E-state index is 6.27. The van der Waals surface area contributed by atoms with Crippen molar-refractivity contribution in [1.29, 1.82) is 0 Å². The number of ether oxygens (including phenoxy) is 2. The first kappa shape index (κ1) is 14.3. The Kier molecular flexibility index (Phi) is 3.96. The molecule has 2 aliphatic heterocycles. The molecule has 2 bridgehead atoms. The number of hydrogen-bond donors (Lipinski definition) is 0. The van der Waals surface area contributed by atoms with E-state index in [9.17, 15) is 0 Å². The summed E-state index contributed by atoms with van der Waals surface area (Å²) in [6.45, 7) is 2.93. The zero-order valence-electron chi connectivity index (χ0n) is 13.4. The lowest BCUT2D eigenvalue weighted by Crippen LogP contribution is -2.36. The van der Waals surface area contributed by atoms with E-state index in [0.717, 1.165) is 18.4 Å². The zero-order valence-corrected chi connectivity index (χ0v) is 13.4. The van der Waals surface area contributed by atoms with E-state index in [4.69, 9.17) is 9.47 Å². The lowest BCUT2D eigenvalue weighted by atomic mass is 9.68. The van der Waals surface area contributed by atoms with Gasteiger partial charge in [0.1, 0.15) is 0 Å². The van der Waals surface area contributed by atoms with Gasteiger partial charge in [-0.25, -0.2) is 0 Å². The second-order valence-electron chi connectivity index (χ2n) is 7.25. The molecule has 0 aromatic heterocycles. The third-order valence-electron chi connectivity index (χ3n) is 5.91. The fourth-order valence-electron chi connectivity index (χ4n) is 4.81. The Balaban J connectivity index is 1.34. The summed E-state index contributed by atoms with van der Waals surface area (Å²) in [5, 5.41) is 0. The normalized spacial score (nSPS) is 37.1. The van der Waals surface area contributed by atoms with Gasteiger partial charge < -0.3 is 9.47 Å². The van der Waals surface area contributed by atoms with E-state index in [1.165, 1.54) is 43.2 Å². The molecular formula is C20H26O2. The molecule has 118 valence electrons. The number of rotatable bonds is 4. The van der Waals surface area contributed by atoms with Gasteiger partial charge in [-0.1, -0.05) is 43.2 Å². The molecule has 1 saturated carbocycles. The third kappa shape index (κ3) is 2.58. The van der Waals surface area contributed by atoms with Crippen LogP contribution in [0.1, 0.15) is 44.6 Å². The van der Waals surface area contributed by atoms with Crippen LogP contribution in [0.5, 0.6) is 0 Å². The van der Waals surface area contributed by atoms with Crippen molar-refractivity contribution in [2.24, 2.45) is 17.8 Å². The highest BCUT2D eigenvalue weighted by Gasteiger charge is 2.54. The van der Waals surface area contributed by atoms with Gasteiger partial charge in [0.25, 0.3) is 0 Å². The molecular weight excluding hydrogens is 272 g/mol. The summed E-state index contributed by atoms with van der Waals surface area (Å²) in [5.41, 5.74) is 2.43. The van der Waals surface area contributed by atoms with E-state index < -0.39 is 0 Å². The molecule has 0 spiro atoms. The summed E-state index contributed by atoms with van der Waals surface area (Å²) in [7, 11) is 0. The Labute approximate surface area is 133 Å². The molecule has 1 aromatic rings. The number of benzene rings is 1. The highest BCUT2D eigenvalue weighted by molar-refractivity contribution is 5.62. The topological polar surface area (TPSA) is 18.5 Å². The van der Waals surface area contributed by atoms with Crippen LogP contribution in [0, 0.1) is 17.8 Å². The molecule has 0 N–H and O–H groups in total. The van der Waals surface area contributed by atoms with Crippen LogP contribution < -0.4 is 0 Å². The van der Waals surface area contributed by atoms with E-state index in [1.807, 2.05) is 12.3 Å². The lowest BCUT2D eigenvalue weighted by Gasteiger charge is -2.35. The fourth-order valence-corrected chi connectivity index (χ4v) is 4.81. The lowest BCUT2D eigenvalue weighted by molar-refractivity contribution is 0.0553. The molecule has 3 fully saturated rings. The van der Waals surface area contributed by atoms with Crippen molar-refractivity contribution in [3.05, 3.63) is 42.2 Å². The maximum Gasteiger partial charge on any atom is 0.0927 e. The minimum absolute atomic E-state index is 0.473. The fraction of sp³-hybridized carbons (Fsp3) is 0.600. The van der Waals surface area contributed by atoms with Crippen molar-refractivity contribution < 1.29 is 9.47 Å². The predicted octanol–water partition coefficient (Wildman–Crippen LogP) is 4.66. The Morgan fingerprint density at radius 3 is 2.77 bits per heavy atom. The van der Waals surface area contributed by atoms with Gasteiger partial charge in [-0.05, 0) is 49.2 Å². The molecule has 1 aromatic carbocycles. The SMILES string of the molecule is C/C(=C/OCC1CC2OC1C1CCCCC21)c1ccccc1. The van der Waals surface area contributed by atoms with Crippen LogP contribution in [0.4, 0.5) is 0 Å². The van der Waals surface area contributed by atoms with Gasteiger partial charge in [-0.3, -0.25) is 0 Å². The summed E-state index contributed by atoms with van der Waals surface area (Å²) in [6, 6.07) is 10.4. The predicted molar refractivity (Wildman–Crippen MR) is 88.3 cm³/mol. The summed E-state index contributed by atoms with van der Waals surface area (Å²) >= 11 is 0. The van der Waals surface area contributed by atoms with Gasteiger partial charge >= 0.3 is 0 Å². The minimum Gasteiger partial charge on any atom is -0.501 e. The monoisotopic (exact) mass is 298 g/mol. The average Bonchev–Trinajstić information content (AvgIpc) is 3.15. The first-order valence-electron chi connectivity index (χ1n) is 8.82. The quantitative estimate of drug-likeness (QED) is 0.753. The molecule has 2 heterocycles. The first-order valence-corrected chi connectivity index (χ1v) is 8.82. The van der Waals surface area contributed by atoms with Crippen LogP contribution in [0.3, 0.4) is 0 Å². The number of hydrogen-bond acceptors (Lipinski definition) is 2. The van der Waals surface area contributed by atoms with Gasteiger partial charge in [0.2, 0.25) is 0 Å². The largest absolute Gasteiger partial charge is 0.501 e. The summed E-state index contributed by atoms with van der Waals surface area (Å²) in [6.07, 6.45) is 9.73. The van der Waals surface area contributed by atoms with Gasteiger partial charge in [0, 0.05) is 5.92 Å². The Morgan fingerprint density at radius 1 is 1.18 bits per heavy atom. The average molecular weight is 298 g/mol. The maximum atomic E-state index is 6.27. The van der Waals surface area contributed by atoms with Crippen molar-refractivity contribution in [3.63, 3.8) is 0 Å². The molecule has 2 heteroatoms. The van der Waals surface area contributed by atoms with Gasteiger partial charge in [0.15, 0.2) is 0 Å². The molecule has 0 radical (unpaired) electrons. The van der Waals surface area contributed by atoms with Gasteiger partial charge in [-0.2, -0.15) is 0 Å². The van der Waals surface area contributed by atoms with Crippen molar-refractivity contribution in [1.82, 2.24) is 0 Å². The molecule has 1 aliphatic carbocycles. The minimum atomic E-state index is 0.473. The van der Waals surface area contributed by atoms with E-state index in [0.29, 0.717) is 18.1 Å². The van der Waals surface area contributed by atoms with E-state index in [-0.39, 0.29) is 0 Å². The second kappa shape index (κ2) is 6.08. The molecule has 2 nitrogen and oxygen atoms in total. The Morgan fingerprint density at radius 2 is 1.95 bits per heavy atom. The van der Waals surface area contributed by atoms with Crippen LogP contribution in [0.2, 0.25) is 0 Å². The molecule has 22 heavy (non-hydrogen) atoms. The van der Waals surface area contributed by atoms with E-state index >= 15 is 0 Å². The third-order valence-corrected chi connectivity index (χ3v) is 5.91. The van der Waals surface area contributed by atoms with Crippen molar-refractivity contribution in [3.8, 4) is 0 Å². The van der Waals surface area contributed by atoms with Crippen molar-refractivity contribution in [2.45, 2.75) is 51.2 Å². The van der Waals surface area contributed by atoms with Gasteiger partial charge in [-0.15, -0.1) is 0 Å². The smallest absolute Gasteiger partial charge is 0.0927 e. The molecule has 5 unspecified atom stereocenters. The van der Waals surface area contributed by atoms with E-state index in [1.54, 1.807) is 0 Å². The van der Waals surface area contributed by atoms with Crippen LogP contribution in [-0.2, 0) is 9.47 Å². The number of allylic oxidation sites excluding steroid dienone is 1. The second-order valence-corrected chi connectivity index (χ2v) is 7.25. The van der Waals surface area contributed by atoms with E-state index in [2.05, 4.69) is 31.2 Å². The first-order chi connectivity index (χ1) is 10.8. The summed E-state index contributed by atoms with van der Waals surface area (Å²) in [5.74, 6) is 2.28. The highest BCUT2D eigenvalue weighted by atomic mass is 16.5. The summed E-state index contributed by atoms with van der Waals surface area (Å²) in [4.78, 5) is 0. The highest BCUT2D eigenvalue weighted by Crippen LogP contribution is 2.52. The molecule has 4 rings (SSSR count).